The van der Waals surface area contributed by atoms with Crippen LogP contribution in [-0.4, -0.2) is 12.6 Å². The molecule has 1 aliphatic rings. The molecule has 0 aromatic heterocycles. The van der Waals surface area contributed by atoms with Crippen molar-refractivity contribution in [1.82, 2.24) is 0 Å². The second kappa shape index (κ2) is 3.44. The average molecular weight is 205 g/mol. The molecule has 15 heavy (non-hydrogen) atoms. The number of rotatable bonds is 0. The number of nitrogens with one attached hydrogen (secondary N) is 1. The van der Waals surface area contributed by atoms with Gasteiger partial charge in [-0.25, -0.2) is 0 Å². The molecule has 1 heterocycles. The van der Waals surface area contributed by atoms with Crippen LogP contribution < -0.4 is 10.1 Å². The number of hydrogen-bond acceptors (Lipinski definition) is 2. The van der Waals surface area contributed by atoms with Crippen LogP contribution in [0.4, 0.5) is 5.69 Å². The van der Waals surface area contributed by atoms with E-state index in [0.717, 1.165) is 18.0 Å². The summed E-state index contributed by atoms with van der Waals surface area (Å²) in [6, 6.07) is 6.65. The van der Waals surface area contributed by atoms with Crippen LogP contribution in [0.3, 0.4) is 0 Å². The highest BCUT2D eigenvalue weighted by molar-refractivity contribution is 5.60. The fourth-order valence-electron chi connectivity index (χ4n) is 1.75. The molecule has 0 unspecified atom stereocenters. The van der Waals surface area contributed by atoms with E-state index < -0.39 is 0 Å². The summed E-state index contributed by atoms with van der Waals surface area (Å²) >= 11 is 0. The van der Waals surface area contributed by atoms with Gasteiger partial charge in [0, 0.05) is 0 Å². The van der Waals surface area contributed by atoms with Gasteiger partial charge in [-0.2, -0.15) is 0 Å². The highest BCUT2D eigenvalue weighted by Crippen LogP contribution is 2.34. The molecular formula is C13H19NO. The maximum Gasteiger partial charge on any atom is 0.142 e. The second-order valence-corrected chi connectivity index (χ2v) is 5.37. The molecule has 0 saturated heterocycles. The van der Waals surface area contributed by atoms with Crippen LogP contribution in [0, 0.1) is 12.3 Å². The van der Waals surface area contributed by atoms with Crippen LogP contribution in [-0.2, 0) is 0 Å². The Balaban J connectivity index is 2.26. The third-order valence-corrected chi connectivity index (χ3v) is 2.92. The van der Waals surface area contributed by atoms with E-state index in [0.29, 0.717) is 6.04 Å². The number of anilines is 1. The SMILES string of the molecule is Cc1ccc2c(c1)N[C@@H](C(C)(C)C)CO2. The first kappa shape index (κ1) is 10.3. The third kappa shape index (κ3) is 2.09. The molecule has 1 aromatic carbocycles. The van der Waals surface area contributed by atoms with Gasteiger partial charge in [-0.05, 0) is 30.0 Å². The van der Waals surface area contributed by atoms with Crippen LogP contribution in [0.2, 0.25) is 0 Å². The van der Waals surface area contributed by atoms with Gasteiger partial charge >= 0.3 is 0 Å². The van der Waals surface area contributed by atoms with Crippen molar-refractivity contribution in [2.45, 2.75) is 33.7 Å². The zero-order valence-electron chi connectivity index (χ0n) is 9.92. The van der Waals surface area contributed by atoms with E-state index in [1.54, 1.807) is 0 Å². The molecule has 0 saturated carbocycles. The lowest BCUT2D eigenvalue weighted by Crippen LogP contribution is -2.41. The number of aryl methyl sites for hydroxylation is 1. The summed E-state index contributed by atoms with van der Waals surface area (Å²) in [7, 11) is 0. The Hall–Kier alpha value is -1.18. The molecule has 1 N–H and O–H groups in total. The van der Waals surface area contributed by atoms with Crippen LogP contribution in [0.5, 0.6) is 5.75 Å². The Bertz CT molecular complexity index is 365. The normalized spacial score (nSPS) is 20.1. The molecule has 0 spiro atoms. The van der Waals surface area contributed by atoms with Crippen LogP contribution >= 0.6 is 0 Å². The van der Waals surface area contributed by atoms with Gasteiger partial charge in [0.1, 0.15) is 12.4 Å². The zero-order chi connectivity index (χ0) is 11.1. The standard InChI is InChI=1S/C13H19NO/c1-9-5-6-11-10(7-9)14-12(8-15-11)13(2,3)4/h5-7,12,14H,8H2,1-4H3/t12-/m1/s1. The molecule has 0 amide bonds. The van der Waals surface area contributed by atoms with Crippen molar-refractivity contribution in [3.63, 3.8) is 0 Å². The van der Waals surface area contributed by atoms with Crippen molar-refractivity contribution in [3.05, 3.63) is 23.8 Å². The smallest absolute Gasteiger partial charge is 0.142 e. The Labute approximate surface area is 91.6 Å². The number of hydrogen-bond donors (Lipinski definition) is 1. The van der Waals surface area contributed by atoms with Crippen molar-refractivity contribution in [2.75, 3.05) is 11.9 Å². The van der Waals surface area contributed by atoms with Gasteiger partial charge in [0.15, 0.2) is 0 Å². The van der Waals surface area contributed by atoms with E-state index in [2.05, 4.69) is 45.1 Å². The summed E-state index contributed by atoms with van der Waals surface area (Å²) in [5.41, 5.74) is 2.61. The van der Waals surface area contributed by atoms with Crippen molar-refractivity contribution >= 4 is 5.69 Å². The van der Waals surface area contributed by atoms with Gasteiger partial charge in [-0.1, -0.05) is 26.8 Å². The van der Waals surface area contributed by atoms with Crippen molar-refractivity contribution in [1.29, 1.82) is 0 Å². The predicted octanol–water partition coefficient (Wildman–Crippen LogP) is 3.21. The lowest BCUT2D eigenvalue weighted by Gasteiger charge is -2.36. The monoisotopic (exact) mass is 205 g/mol. The minimum absolute atomic E-state index is 0.224. The average Bonchev–Trinajstić information content (AvgIpc) is 2.15. The largest absolute Gasteiger partial charge is 0.489 e. The predicted molar refractivity (Wildman–Crippen MR) is 63.5 cm³/mol. The summed E-state index contributed by atoms with van der Waals surface area (Å²) in [6.45, 7) is 9.54. The highest BCUT2D eigenvalue weighted by Gasteiger charge is 2.29. The van der Waals surface area contributed by atoms with Gasteiger partial charge < -0.3 is 10.1 Å². The lowest BCUT2D eigenvalue weighted by molar-refractivity contribution is 0.207. The minimum atomic E-state index is 0.224. The first-order valence-electron chi connectivity index (χ1n) is 5.47. The first-order valence-corrected chi connectivity index (χ1v) is 5.47. The van der Waals surface area contributed by atoms with Crippen molar-refractivity contribution in [3.8, 4) is 5.75 Å². The van der Waals surface area contributed by atoms with Gasteiger partial charge in [0.05, 0.1) is 11.7 Å². The summed E-state index contributed by atoms with van der Waals surface area (Å²) in [5.74, 6) is 0.973. The van der Waals surface area contributed by atoms with E-state index in [1.807, 2.05) is 6.07 Å². The molecule has 2 heteroatoms. The molecule has 2 nitrogen and oxygen atoms in total. The first-order chi connectivity index (χ1) is 6.97. The van der Waals surface area contributed by atoms with E-state index >= 15 is 0 Å². The maximum atomic E-state index is 5.76. The summed E-state index contributed by atoms with van der Waals surface area (Å²) < 4.78 is 5.76. The molecule has 0 radical (unpaired) electrons. The molecule has 1 aliphatic heterocycles. The summed E-state index contributed by atoms with van der Waals surface area (Å²) in [6.07, 6.45) is 0. The highest BCUT2D eigenvalue weighted by atomic mass is 16.5. The molecule has 1 aromatic rings. The minimum Gasteiger partial charge on any atom is -0.489 e. The number of fused-ring (bicyclic) bond motifs is 1. The Morgan fingerprint density at radius 1 is 1.33 bits per heavy atom. The molecule has 0 fully saturated rings. The third-order valence-electron chi connectivity index (χ3n) is 2.92. The van der Waals surface area contributed by atoms with Crippen LogP contribution in [0.25, 0.3) is 0 Å². The summed E-state index contributed by atoms with van der Waals surface area (Å²) in [4.78, 5) is 0. The number of benzene rings is 1. The Kier molecular flexibility index (Phi) is 2.37. The molecule has 0 aliphatic carbocycles. The quantitative estimate of drug-likeness (QED) is 0.702. The van der Waals surface area contributed by atoms with Crippen molar-refractivity contribution < 1.29 is 4.74 Å². The fraction of sp³-hybridized carbons (Fsp3) is 0.538. The molecule has 82 valence electrons. The van der Waals surface area contributed by atoms with Crippen LogP contribution in [0.1, 0.15) is 26.3 Å². The maximum absolute atomic E-state index is 5.76. The van der Waals surface area contributed by atoms with E-state index in [-0.39, 0.29) is 5.41 Å². The fourth-order valence-corrected chi connectivity index (χ4v) is 1.75. The molecule has 2 rings (SSSR count). The van der Waals surface area contributed by atoms with Gasteiger partial charge in [0.2, 0.25) is 0 Å². The van der Waals surface area contributed by atoms with Gasteiger partial charge in [0.25, 0.3) is 0 Å². The summed E-state index contributed by atoms with van der Waals surface area (Å²) in [5, 5.41) is 3.55. The molecule has 1 atom stereocenters. The van der Waals surface area contributed by atoms with Gasteiger partial charge in [-0.3, -0.25) is 0 Å². The van der Waals surface area contributed by atoms with Gasteiger partial charge in [-0.15, -0.1) is 0 Å². The Morgan fingerprint density at radius 3 is 2.73 bits per heavy atom. The lowest BCUT2D eigenvalue weighted by atomic mass is 9.86. The zero-order valence-corrected chi connectivity index (χ0v) is 9.92. The second-order valence-electron chi connectivity index (χ2n) is 5.37. The van der Waals surface area contributed by atoms with Crippen molar-refractivity contribution in [2.24, 2.45) is 5.41 Å². The number of ether oxygens (including phenoxy) is 1. The topological polar surface area (TPSA) is 21.3 Å². The molecular weight excluding hydrogens is 186 g/mol. The molecule has 0 bridgehead atoms. The van der Waals surface area contributed by atoms with E-state index in [9.17, 15) is 0 Å². The van der Waals surface area contributed by atoms with Crippen LogP contribution in [0.15, 0.2) is 18.2 Å². The Morgan fingerprint density at radius 2 is 2.07 bits per heavy atom. The van der Waals surface area contributed by atoms with E-state index in [4.69, 9.17) is 4.74 Å². The van der Waals surface area contributed by atoms with E-state index in [1.165, 1.54) is 5.56 Å².